The Morgan fingerprint density at radius 1 is 1.20 bits per heavy atom. The lowest BCUT2D eigenvalue weighted by Crippen LogP contribution is -2.30. The molecule has 0 saturated heterocycles. The molecule has 6 heteroatoms. The number of nitrogens with one attached hydrogen (secondary N) is 1. The highest BCUT2D eigenvalue weighted by Gasteiger charge is 2.19. The van der Waals surface area contributed by atoms with E-state index >= 15 is 0 Å². The highest BCUT2D eigenvalue weighted by Crippen LogP contribution is 2.14. The van der Waals surface area contributed by atoms with Crippen LogP contribution in [0.4, 0.5) is 5.69 Å². The van der Waals surface area contributed by atoms with Crippen LogP contribution in [0.3, 0.4) is 0 Å². The zero-order valence-corrected chi connectivity index (χ0v) is 14.0. The lowest BCUT2D eigenvalue weighted by atomic mass is 10.2. The monoisotopic (exact) mass is 338 g/mol. The molecule has 6 nitrogen and oxygen atoms in total. The number of amides is 1. The molecule has 0 aliphatic rings. The molecule has 1 N–H and O–H groups in total. The van der Waals surface area contributed by atoms with E-state index in [2.05, 4.69) is 5.32 Å². The molecule has 1 atom stereocenters. The van der Waals surface area contributed by atoms with Crippen molar-refractivity contribution in [3.8, 4) is 11.8 Å². The average Bonchev–Trinajstić information content (AvgIpc) is 2.62. The van der Waals surface area contributed by atoms with Crippen LogP contribution in [0.2, 0.25) is 0 Å². The first kappa shape index (κ1) is 18.0. The second-order valence-electron chi connectivity index (χ2n) is 5.19. The largest absolute Gasteiger partial charge is 0.494 e. The minimum atomic E-state index is -0.982. The van der Waals surface area contributed by atoms with Gasteiger partial charge < -0.3 is 14.8 Å². The summed E-state index contributed by atoms with van der Waals surface area (Å²) in [5, 5.41) is 11.5. The normalized spacial score (nSPS) is 11.1. The smallest absolute Gasteiger partial charge is 0.338 e. The summed E-state index contributed by atoms with van der Waals surface area (Å²) in [4.78, 5) is 24.2. The highest BCUT2D eigenvalue weighted by atomic mass is 16.5. The fourth-order valence-corrected chi connectivity index (χ4v) is 2.05. The molecule has 2 rings (SSSR count). The van der Waals surface area contributed by atoms with Gasteiger partial charge in [-0.3, -0.25) is 4.79 Å². The van der Waals surface area contributed by atoms with Gasteiger partial charge in [-0.05, 0) is 56.3 Å². The molecular weight excluding hydrogens is 320 g/mol. The van der Waals surface area contributed by atoms with Crippen LogP contribution in [0.15, 0.2) is 48.5 Å². The number of nitriles is 1. The van der Waals surface area contributed by atoms with E-state index in [0.29, 0.717) is 29.2 Å². The Hall–Kier alpha value is -3.33. The molecule has 0 unspecified atom stereocenters. The van der Waals surface area contributed by atoms with Crippen molar-refractivity contribution in [3.63, 3.8) is 0 Å². The van der Waals surface area contributed by atoms with Gasteiger partial charge in [0.25, 0.3) is 5.91 Å². The van der Waals surface area contributed by atoms with E-state index < -0.39 is 18.0 Å². The van der Waals surface area contributed by atoms with Gasteiger partial charge in [-0.2, -0.15) is 5.26 Å². The summed E-state index contributed by atoms with van der Waals surface area (Å²) in [5.74, 6) is -0.423. The number of ether oxygens (including phenoxy) is 2. The maximum absolute atomic E-state index is 12.1. The predicted molar refractivity (Wildman–Crippen MR) is 92.3 cm³/mol. The summed E-state index contributed by atoms with van der Waals surface area (Å²) < 4.78 is 10.5. The third-order valence-electron chi connectivity index (χ3n) is 3.31. The van der Waals surface area contributed by atoms with E-state index in [0.717, 1.165) is 0 Å². The van der Waals surface area contributed by atoms with Crippen LogP contribution in [0.1, 0.15) is 29.8 Å². The van der Waals surface area contributed by atoms with Gasteiger partial charge in [0.2, 0.25) is 0 Å². The molecule has 0 bridgehead atoms. The Balaban J connectivity index is 1.95. The van der Waals surface area contributed by atoms with Crippen LogP contribution in [0.25, 0.3) is 0 Å². The van der Waals surface area contributed by atoms with Crippen molar-refractivity contribution in [2.75, 3.05) is 11.9 Å². The molecule has 2 aromatic rings. The van der Waals surface area contributed by atoms with Crippen LogP contribution >= 0.6 is 0 Å². The van der Waals surface area contributed by atoms with Crippen molar-refractivity contribution in [1.82, 2.24) is 0 Å². The van der Waals surface area contributed by atoms with E-state index in [1.807, 2.05) is 13.0 Å². The van der Waals surface area contributed by atoms with E-state index in [4.69, 9.17) is 14.7 Å². The van der Waals surface area contributed by atoms with Crippen molar-refractivity contribution in [2.24, 2.45) is 0 Å². The maximum Gasteiger partial charge on any atom is 0.338 e. The molecule has 25 heavy (non-hydrogen) atoms. The van der Waals surface area contributed by atoms with E-state index in [9.17, 15) is 9.59 Å². The molecule has 0 spiro atoms. The molecule has 128 valence electrons. The van der Waals surface area contributed by atoms with Gasteiger partial charge in [-0.25, -0.2) is 4.79 Å². The first-order valence-electron chi connectivity index (χ1n) is 7.78. The quantitative estimate of drug-likeness (QED) is 0.818. The van der Waals surface area contributed by atoms with Gasteiger partial charge in [0.05, 0.1) is 23.8 Å². The van der Waals surface area contributed by atoms with Crippen LogP contribution < -0.4 is 10.1 Å². The number of benzene rings is 2. The lowest BCUT2D eigenvalue weighted by molar-refractivity contribution is -0.123. The number of carbonyl (C=O) groups excluding carboxylic acids is 2. The van der Waals surface area contributed by atoms with E-state index in [1.54, 1.807) is 48.5 Å². The van der Waals surface area contributed by atoms with E-state index in [1.165, 1.54) is 6.92 Å². The van der Waals surface area contributed by atoms with Crippen molar-refractivity contribution in [3.05, 3.63) is 59.7 Å². The number of nitrogens with zero attached hydrogens (tertiary/aromatic N) is 1. The van der Waals surface area contributed by atoms with Crippen LogP contribution in [0, 0.1) is 11.3 Å². The number of carbonyl (C=O) groups is 2. The van der Waals surface area contributed by atoms with Gasteiger partial charge in [0.1, 0.15) is 5.75 Å². The molecule has 0 aliphatic heterocycles. The van der Waals surface area contributed by atoms with Crippen molar-refractivity contribution >= 4 is 17.6 Å². The summed E-state index contributed by atoms with van der Waals surface area (Å²) in [6, 6.07) is 15.0. The predicted octanol–water partition coefficient (Wildman–Crippen LogP) is 3.14. The summed E-state index contributed by atoms with van der Waals surface area (Å²) in [5.41, 5.74) is 1.22. The second-order valence-corrected chi connectivity index (χ2v) is 5.19. The van der Waals surface area contributed by atoms with Gasteiger partial charge in [0.15, 0.2) is 6.10 Å². The third-order valence-corrected chi connectivity index (χ3v) is 3.31. The van der Waals surface area contributed by atoms with Gasteiger partial charge in [-0.1, -0.05) is 6.07 Å². The Labute approximate surface area is 146 Å². The van der Waals surface area contributed by atoms with Gasteiger partial charge >= 0.3 is 5.97 Å². The summed E-state index contributed by atoms with van der Waals surface area (Å²) in [7, 11) is 0. The molecule has 0 aromatic heterocycles. The van der Waals surface area contributed by atoms with Crippen molar-refractivity contribution < 1.29 is 19.1 Å². The minimum absolute atomic E-state index is 0.328. The Morgan fingerprint density at radius 2 is 1.92 bits per heavy atom. The molecule has 0 aliphatic carbocycles. The number of hydrogen-bond acceptors (Lipinski definition) is 5. The third kappa shape index (κ3) is 5.08. The van der Waals surface area contributed by atoms with Gasteiger partial charge in [0, 0.05) is 5.69 Å². The molecule has 0 saturated carbocycles. The van der Waals surface area contributed by atoms with E-state index in [-0.39, 0.29) is 0 Å². The molecule has 0 heterocycles. The number of anilines is 1. The van der Waals surface area contributed by atoms with Crippen LogP contribution in [0.5, 0.6) is 5.75 Å². The molecule has 0 fully saturated rings. The zero-order valence-electron chi connectivity index (χ0n) is 14.0. The number of hydrogen-bond donors (Lipinski definition) is 1. The van der Waals surface area contributed by atoms with Gasteiger partial charge in [-0.15, -0.1) is 0 Å². The van der Waals surface area contributed by atoms with Crippen molar-refractivity contribution in [1.29, 1.82) is 5.26 Å². The fraction of sp³-hybridized carbons (Fsp3) is 0.211. The first-order chi connectivity index (χ1) is 12.0. The van der Waals surface area contributed by atoms with Crippen molar-refractivity contribution in [2.45, 2.75) is 20.0 Å². The van der Waals surface area contributed by atoms with Crippen LogP contribution in [-0.2, 0) is 9.53 Å². The Bertz CT molecular complexity index is 794. The minimum Gasteiger partial charge on any atom is -0.494 e. The standard InChI is InChI=1S/C19H18N2O4/c1-3-24-17-9-7-15(8-10-17)19(23)25-13(2)18(22)21-16-6-4-5-14(11-16)12-20/h4-11,13H,3H2,1-2H3,(H,21,22)/t13-/m1/s1. The fourth-order valence-electron chi connectivity index (χ4n) is 2.05. The summed E-state index contributed by atoms with van der Waals surface area (Å²) >= 11 is 0. The molecule has 2 aromatic carbocycles. The number of esters is 1. The maximum atomic E-state index is 12.1. The zero-order chi connectivity index (χ0) is 18.2. The first-order valence-corrected chi connectivity index (χ1v) is 7.78. The molecule has 1 amide bonds. The Kier molecular flexibility index (Phi) is 6.13. The summed E-state index contributed by atoms with van der Waals surface area (Å²) in [6.07, 6.45) is -0.982. The second kappa shape index (κ2) is 8.50. The van der Waals surface area contributed by atoms with Crippen LogP contribution in [-0.4, -0.2) is 24.6 Å². The Morgan fingerprint density at radius 3 is 2.56 bits per heavy atom. The SMILES string of the molecule is CCOc1ccc(C(=O)O[C@H](C)C(=O)Nc2cccc(C#N)c2)cc1. The molecular formula is C19H18N2O4. The average molecular weight is 338 g/mol. The number of rotatable bonds is 6. The topological polar surface area (TPSA) is 88.4 Å². The highest BCUT2D eigenvalue weighted by molar-refractivity contribution is 5.97. The molecule has 0 radical (unpaired) electrons. The summed E-state index contributed by atoms with van der Waals surface area (Å²) in [6.45, 7) is 3.89. The lowest BCUT2D eigenvalue weighted by Gasteiger charge is -2.14.